The molecule has 1 heterocycles. The number of ether oxygens (including phenoxy) is 1. The number of hydrogen-bond donors (Lipinski definition) is 1. The van der Waals surface area contributed by atoms with E-state index >= 15 is 0 Å². The van der Waals surface area contributed by atoms with E-state index in [1.165, 1.54) is 0 Å². The van der Waals surface area contributed by atoms with Crippen LogP contribution >= 0.6 is 11.6 Å². The molecule has 1 N–H and O–H groups in total. The summed E-state index contributed by atoms with van der Waals surface area (Å²) in [6.45, 7) is 5.92. The van der Waals surface area contributed by atoms with Crippen molar-refractivity contribution in [1.29, 1.82) is 0 Å². The molecule has 0 amide bonds. The molecule has 0 saturated heterocycles. The van der Waals surface area contributed by atoms with E-state index in [0.717, 1.165) is 40.0 Å². The molecule has 0 aliphatic rings. The number of nitrogens with one attached hydrogen (secondary N) is 1. The van der Waals surface area contributed by atoms with Gasteiger partial charge in [0.15, 0.2) is 0 Å². The van der Waals surface area contributed by atoms with Crippen LogP contribution in [0.1, 0.15) is 23.9 Å². The van der Waals surface area contributed by atoms with Crippen LogP contribution in [0.2, 0.25) is 5.02 Å². The average Bonchev–Trinajstić information content (AvgIpc) is 2.44. The van der Waals surface area contributed by atoms with Crippen LogP contribution in [0.25, 0.3) is 0 Å². The van der Waals surface area contributed by atoms with Gasteiger partial charge in [-0.15, -0.1) is 0 Å². The van der Waals surface area contributed by atoms with Crippen molar-refractivity contribution in [1.82, 2.24) is 9.97 Å². The Labute approximate surface area is 124 Å². The van der Waals surface area contributed by atoms with Gasteiger partial charge in [0.1, 0.15) is 17.4 Å². The van der Waals surface area contributed by atoms with Gasteiger partial charge in [0.25, 0.3) is 0 Å². The third kappa shape index (κ3) is 3.20. The van der Waals surface area contributed by atoms with Gasteiger partial charge in [0.2, 0.25) is 5.88 Å². The Kier molecular flexibility index (Phi) is 4.45. The number of hydrogen-bond acceptors (Lipinski definition) is 4. The van der Waals surface area contributed by atoms with Crippen molar-refractivity contribution in [2.24, 2.45) is 0 Å². The Morgan fingerprint density at radius 2 is 1.80 bits per heavy atom. The Bertz CT molecular complexity index is 583. The van der Waals surface area contributed by atoms with Crippen molar-refractivity contribution >= 4 is 17.4 Å². The van der Waals surface area contributed by atoms with Crippen molar-refractivity contribution in [2.75, 3.05) is 12.4 Å². The van der Waals surface area contributed by atoms with Crippen molar-refractivity contribution in [3.05, 3.63) is 40.2 Å². The van der Waals surface area contributed by atoms with E-state index in [0.29, 0.717) is 5.88 Å². The number of nitrogens with zero attached hydrogens (tertiary/aromatic N) is 2. The minimum absolute atomic E-state index is 0.530. The highest BCUT2D eigenvalue weighted by Gasteiger charge is 2.08. The average molecular weight is 292 g/mol. The van der Waals surface area contributed by atoms with E-state index in [2.05, 4.69) is 15.3 Å². The van der Waals surface area contributed by atoms with Crippen molar-refractivity contribution in [3.8, 4) is 11.6 Å². The molecule has 5 heteroatoms. The maximum Gasteiger partial charge on any atom is 0.224 e. The monoisotopic (exact) mass is 291 g/mol. The van der Waals surface area contributed by atoms with Crippen LogP contribution in [0.3, 0.4) is 0 Å². The second-order valence-corrected chi connectivity index (χ2v) is 4.96. The Hall–Kier alpha value is -1.81. The Morgan fingerprint density at radius 3 is 2.35 bits per heavy atom. The highest BCUT2D eigenvalue weighted by Crippen LogP contribution is 2.29. The molecule has 2 aromatic rings. The topological polar surface area (TPSA) is 47.0 Å². The minimum Gasteiger partial charge on any atom is -0.439 e. The first kappa shape index (κ1) is 14.6. The van der Waals surface area contributed by atoms with Gasteiger partial charge in [-0.3, -0.25) is 0 Å². The van der Waals surface area contributed by atoms with Gasteiger partial charge >= 0.3 is 0 Å². The minimum atomic E-state index is 0.530. The lowest BCUT2D eigenvalue weighted by atomic mass is 10.1. The molecule has 0 atom stereocenters. The van der Waals surface area contributed by atoms with Crippen LogP contribution < -0.4 is 10.1 Å². The lowest BCUT2D eigenvalue weighted by molar-refractivity contribution is 0.458. The maximum atomic E-state index is 6.16. The summed E-state index contributed by atoms with van der Waals surface area (Å²) < 4.78 is 5.83. The quantitative estimate of drug-likeness (QED) is 0.919. The predicted molar refractivity (Wildman–Crippen MR) is 82.0 cm³/mol. The molecule has 1 aromatic carbocycles. The molecule has 1 aromatic heterocycles. The molecule has 4 nitrogen and oxygen atoms in total. The summed E-state index contributed by atoms with van der Waals surface area (Å²) in [7, 11) is 1.82. The normalized spacial score (nSPS) is 10.4. The largest absolute Gasteiger partial charge is 0.439 e. The molecule has 0 unspecified atom stereocenters. The summed E-state index contributed by atoms with van der Waals surface area (Å²) in [5.41, 5.74) is 1.97. The van der Waals surface area contributed by atoms with E-state index < -0.39 is 0 Å². The second-order valence-electron chi connectivity index (χ2n) is 4.58. The third-order valence-corrected chi connectivity index (χ3v) is 3.55. The summed E-state index contributed by atoms with van der Waals surface area (Å²) in [5, 5.41) is 3.78. The molecule has 0 fully saturated rings. The molecule has 106 valence electrons. The van der Waals surface area contributed by atoms with Crippen molar-refractivity contribution in [2.45, 2.75) is 27.2 Å². The predicted octanol–water partition coefficient (Wildman–Crippen LogP) is 4.14. The summed E-state index contributed by atoms with van der Waals surface area (Å²) in [6.07, 6.45) is 0.755. The zero-order chi connectivity index (χ0) is 14.7. The first-order chi connectivity index (χ1) is 9.53. The van der Waals surface area contributed by atoms with Crippen LogP contribution in [0, 0.1) is 13.8 Å². The van der Waals surface area contributed by atoms with Gasteiger partial charge < -0.3 is 10.1 Å². The van der Waals surface area contributed by atoms with Crippen LogP contribution in [-0.2, 0) is 6.42 Å². The molecular weight excluding hydrogens is 274 g/mol. The fraction of sp³-hybridized carbons (Fsp3) is 0.333. The lowest BCUT2D eigenvalue weighted by Crippen LogP contribution is -2.01. The fourth-order valence-electron chi connectivity index (χ4n) is 1.90. The number of aryl methyl sites for hydroxylation is 3. The molecule has 0 radical (unpaired) electrons. The van der Waals surface area contributed by atoms with E-state index in [4.69, 9.17) is 16.3 Å². The molecule has 0 saturated carbocycles. The fourth-order valence-corrected chi connectivity index (χ4v) is 2.01. The summed E-state index contributed by atoms with van der Waals surface area (Å²) in [6, 6.07) is 5.59. The van der Waals surface area contributed by atoms with Crippen molar-refractivity contribution in [3.63, 3.8) is 0 Å². The summed E-state index contributed by atoms with van der Waals surface area (Å²) in [5.74, 6) is 2.75. The lowest BCUT2D eigenvalue weighted by Gasteiger charge is -2.10. The van der Waals surface area contributed by atoms with Gasteiger partial charge in [0, 0.05) is 24.6 Å². The van der Waals surface area contributed by atoms with Gasteiger partial charge in [-0.2, -0.15) is 4.98 Å². The zero-order valence-electron chi connectivity index (χ0n) is 12.1. The Morgan fingerprint density at radius 1 is 1.15 bits per heavy atom. The molecule has 20 heavy (non-hydrogen) atoms. The highest BCUT2D eigenvalue weighted by atomic mass is 35.5. The SMILES string of the molecule is CCc1nc(NC)cc(Oc2cc(C)c(Cl)c(C)c2)n1. The number of rotatable bonds is 4. The summed E-state index contributed by atoms with van der Waals surface area (Å²) >= 11 is 6.16. The third-order valence-electron chi connectivity index (χ3n) is 2.95. The number of anilines is 1. The number of halogens is 1. The number of aromatic nitrogens is 2. The zero-order valence-corrected chi connectivity index (χ0v) is 12.9. The van der Waals surface area contributed by atoms with Crippen LogP contribution in [0.15, 0.2) is 18.2 Å². The van der Waals surface area contributed by atoms with Crippen LogP contribution in [-0.4, -0.2) is 17.0 Å². The number of benzene rings is 1. The Balaban J connectivity index is 2.34. The molecule has 0 aliphatic heterocycles. The first-order valence-corrected chi connectivity index (χ1v) is 6.91. The molecular formula is C15H18ClN3O. The molecule has 0 spiro atoms. The molecule has 2 rings (SSSR count). The first-order valence-electron chi connectivity index (χ1n) is 6.53. The van der Waals surface area contributed by atoms with Crippen LogP contribution in [0.4, 0.5) is 5.82 Å². The van der Waals surface area contributed by atoms with E-state index in [1.807, 2.05) is 40.0 Å². The molecule has 0 aliphatic carbocycles. The van der Waals surface area contributed by atoms with Gasteiger partial charge in [-0.25, -0.2) is 4.98 Å². The second kappa shape index (κ2) is 6.09. The van der Waals surface area contributed by atoms with Gasteiger partial charge in [-0.1, -0.05) is 18.5 Å². The smallest absolute Gasteiger partial charge is 0.224 e. The van der Waals surface area contributed by atoms with Crippen molar-refractivity contribution < 1.29 is 4.74 Å². The maximum absolute atomic E-state index is 6.16. The van der Waals surface area contributed by atoms with Gasteiger partial charge in [-0.05, 0) is 37.1 Å². The highest BCUT2D eigenvalue weighted by molar-refractivity contribution is 6.32. The van der Waals surface area contributed by atoms with E-state index in [9.17, 15) is 0 Å². The van der Waals surface area contributed by atoms with Crippen LogP contribution in [0.5, 0.6) is 11.6 Å². The molecule has 0 bridgehead atoms. The van der Waals surface area contributed by atoms with E-state index in [1.54, 1.807) is 6.07 Å². The van der Waals surface area contributed by atoms with E-state index in [-0.39, 0.29) is 0 Å². The standard InChI is InChI=1S/C15H18ClN3O/c1-5-12-18-13(17-4)8-14(19-12)20-11-6-9(2)15(16)10(3)7-11/h6-8H,5H2,1-4H3,(H,17,18,19). The summed E-state index contributed by atoms with van der Waals surface area (Å²) in [4.78, 5) is 8.71. The van der Waals surface area contributed by atoms with Gasteiger partial charge in [0.05, 0.1) is 0 Å².